The van der Waals surface area contributed by atoms with Gasteiger partial charge in [0.15, 0.2) is 0 Å². The lowest BCUT2D eigenvalue weighted by molar-refractivity contribution is -0.134. The van der Waals surface area contributed by atoms with Crippen LogP contribution in [0.3, 0.4) is 0 Å². The summed E-state index contributed by atoms with van der Waals surface area (Å²) in [7, 11) is 1.78. The number of rotatable bonds is 5. The lowest BCUT2D eigenvalue weighted by Gasteiger charge is -2.14. The molecule has 0 spiro atoms. The van der Waals surface area contributed by atoms with Crippen LogP contribution < -0.4 is 5.32 Å². The standard InChI is InChI=1S/C7H13F2NO/c1-10-6(5-2-3-5)4-11-7(8)9/h5-7,10H,2-4H2,1H3. The van der Waals surface area contributed by atoms with Crippen LogP contribution in [0.15, 0.2) is 0 Å². The molecule has 1 unspecified atom stereocenters. The monoisotopic (exact) mass is 165 g/mol. The summed E-state index contributed by atoms with van der Waals surface area (Å²) in [5.41, 5.74) is 0. The highest BCUT2D eigenvalue weighted by molar-refractivity contribution is 4.85. The summed E-state index contributed by atoms with van der Waals surface area (Å²) in [6.45, 7) is -2.51. The number of hydrogen-bond acceptors (Lipinski definition) is 2. The molecule has 0 aliphatic heterocycles. The molecule has 1 fully saturated rings. The molecule has 1 atom stereocenters. The Balaban J connectivity index is 2.10. The van der Waals surface area contributed by atoms with Crippen LogP contribution in [-0.4, -0.2) is 26.3 Å². The van der Waals surface area contributed by atoms with Crippen LogP contribution >= 0.6 is 0 Å². The molecule has 1 rings (SSSR count). The molecule has 1 aliphatic carbocycles. The second kappa shape index (κ2) is 3.97. The van der Waals surface area contributed by atoms with Crippen molar-refractivity contribution in [3.05, 3.63) is 0 Å². The second-order valence-corrected chi connectivity index (χ2v) is 2.83. The smallest absolute Gasteiger partial charge is 0.321 e. The number of ether oxygens (including phenoxy) is 1. The van der Waals surface area contributed by atoms with E-state index >= 15 is 0 Å². The number of halogens is 2. The Labute approximate surface area is 64.9 Å². The molecule has 66 valence electrons. The molecular weight excluding hydrogens is 152 g/mol. The molecule has 0 bridgehead atoms. The first-order valence-corrected chi connectivity index (χ1v) is 3.81. The highest BCUT2D eigenvalue weighted by Gasteiger charge is 2.30. The quantitative estimate of drug-likeness (QED) is 0.661. The molecule has 2 nitrogen and oxygen atoms in total. The number of alkyl halides is 2. The summed E-state index contributed by atoms with van der Waals surface area (Å²) in [6.07, 6.45) is 2.27. The number of likely N-dealkylation sites (N-methyl/N-ethyl adjacent to an activating group) is 1. The van der Waals surface area contributed by atoms with Crippen molar-refractivity contribution >= 4 is 0 Å². The van der Waals surface area contributed by atoms with Crippen LogP contribution in [0.5, 0.6) is 0 Å². The lowest BCUT2D eigenvalue weighted by atomic mass is 10.2. The third kappa shape index (κ3) is 3.12. The molecule has 0 aromatic rings. The third-order valence-electron chi connectivity index (χ3n) is 1.96. The number of nitrogens with one attached hydrogen (secondary N) is 1. The van der Waals surface area contributed by atoms with Gasteiger partial charge in [-0.25, -0.2) is 0 Å². The predicted molar refractivity (Wildman–Crippen MR) is 37.5 cm³/mol. The zero-order chi connectivity index (χ0) is 8.27. The Morgan fingerprint density at radius 1 is 1.55 bits per heavy atom. The summed E-state index contributed by atoms with van der Waals surface area (Å²) in [4.78, 5) is 0. The Hall–Kier alpha value is -0.220. The fourth-order valence-corrected chi connectivity index (χ4v) is 1.13. The molecule has 0 radical (unpaired) electrons. The van der Waals surface area contributed by atoms with Crippen molar-refractivity contribution in [3.63, 3.8) is 0 Å². The molecule has 11 heavy (non-hydrogen) atoms. The normalized spacial score (nSPS) is 20.7. The van der Waals surface area contributed by atoms with Crippen molar-refractivity contribution < 1.29 is 13.5 Å². The zero-order valence-electron chi connectivity index (χ0n) is 6.52. The minimum Gasteiger partial charge on any atom is -0.321 e. The Morgan fingerprint density at radius 2 is 2.18 bits per heavy atom. The van der Waals surface area contributed by atoms with E-state index in [-0.39, 0.29) is 12.6 Å². The van der Waals surface area contributed by atoms with E-state index in [1.807, 2.05) is 0 Å². The summed E-state index contributed by atoms with van der Waals surface area (Å²) in [5.74, 6) is 0.554. The highest BCUT2D eigenvalue weighted by Crippen LogP contribution is 2.32. The van der Waals surface area contributed by atoms with Crippen molar-refractivity contribution in [1.29, 1.82) is 0 Å². The van der Waals surface area contributed by atoms with Crippen LogP contribution in [0, 0.1) is 5.92 Å². The summed E-state index contributed by atoms with van der Waals surface area (Å²) >= 11 is 0. The predicted octanol–water partition coefficient (Wildman–Crippen LogP) is 1.22. The maximum Gasteiger partial charge on any atom is 0.345 e. The SMILES string of the molecule is CNC(COC(F)F)C1CC1. The topological polar surface area (TPSA) is 21.3 Å². The summed E-state index contributed by atoms with van der Waals surface area (Å²) in [6, 6.07) is 0.115. The summed E-state index contributed by atoms with van der Waals surface area (Å²) < 4.78 is 27.3. The highest BCUT2D eigenvalue weighted by atomic mass is 19.3. The van der Waals surface area contributed by atoms with Crippen molar-refractivity contribution in [1.82, 2.24) is 5.32 Å². The maximum atomic E-state index is 11.6. The fraction of sp³-hybridized carbons (Fsp3) is 1.00. The van der Waals surface area contributed by atoms with Crippen LogP contribution in [0.4, 0.5) is 8.78 Å². The van der Waals surface area contributed by atoms with Gasteiger partial charge in [0.1, 0.15) is 0 Å². The fourth-order valence-electron chi connectivity index (χ4n) is 1.13. The van der Waals surface area contributed by atoms with Crippen molar-refractivity contribution in [2.24, 2.45) is 5.92 Å². The van der Waals surface area contributed by atoms with E-state index in [1.54, 1.807) is 7.05 Å². The van der Waals surface area contributed by atoms with Gasteiger partial charge in [-0.05, 0) is 25.8 Å². The van der Waals surface area contributed by atoms with Gasteiger partial charge in [0.2, 0.25) is 0 Å². The number of hydrogen-bond donors (Lipinski definition) is 1. The Bertz CT molecular complexity index is 117. The average Bonchev–Trinajstić information content (AvgIpc) is 2.72. The molecule has 0 heterocycles. The van der Waals surface area contributed by atoms with E-state index in [0.29, 0.717) is 5.92 Å². The van der Waals surface area contributed by atoms with Gasteiger partial charge in [-0.1, -0.05) is 0 Å². The molecular formula is C7H13F2NO. The largest absolute Gasteiger partial charge is 0.345 e. The maximum absolute atomic E-state index is 11.6. The molecule has 1 saturated carbocycles. The first-order chi connectivity index (χ1) is 5.24. The minimum atomic E-state index is -2.63. The van der Waals surface area contributed by atoms with Crippen molar-refractivity contribution in [2.45, 2.75) is 25.5 Å². The zero-order valence-corrected chi connectivity index (χ0v) is 6.52. The molecule has 0 aromatic heterocycles. The molecule has 4 heteroatoms. The van der Waals surface area contributed by atoms with Gasteiger partial charge >= 0.3 is 6.61 Å². The van der Waals surface area contributed by atoms with Gasteiger partial charge in [-0.3, -0.25) is 0 Å². The third-order valence-corrected chi connectivity index (χ3v) is 1.96. The van der Waals surface area contributed by atoms with E-state index < -0.39 is 6.61 Å². The van der Waals surface area contributed by atoms with E-state index in [4.69, 9.17) is 0 Å². The van der Waals surface area contributed by atoms with Crippen LogP contribution in [-0.2, 0) is 4.74 Å². The van der Waals surface area contributed by atoms with Gasteiger partial charge in [-0.15, -0.1) is 0 Å². The van der Waals surface area contributed by atoms with E-state index in [1.165, 1.54) is 0 Å². The summed E-state index contributed by atoms with van der Waals surface area (Å²) in [5, 5.41) is 2.96. The molecule has 0 amide bonds. The van der Waals surface area contributed by atoms with E-state index in [9.17, 15) is 8.78 Å². The average molecular weight is 165 g/mol. The van der Waals surface area contributed by atoms with Crippen LogP contribution in [0.1, 0.15) is 12.8 Å². The van der Waals surface area contributed by atoms with Gasteiger partial charge in [0, 0.05) is 6.04 Å². The van der Waals surface area contributed by atoms with Crippen LogP contribution in [0.2, 0.25) is 0 Å². The first-order valence-electron chi connectivity index (χ1n) is 3.81. The second-order valence-electron chi connectivity index (χ2n) is 2.83. The molecule has 1 aliphatic rings. The van der Waals surface area contributed by atoms with E-state index in [2.05, 4.69) is 10.1 Å². The van der Waals surface area contributed by atoms with Crippen molar-refractivity contribution in [3.8, 4) is 0 Å². The Morgan fingerprint density at radius 3 is 2.55 bits per heavy atom. The van der Waals surface area contributed by atoms with E-state index in [0.717, 1.165) is 12.8 Å². The van der Waals surface area contributed by atoms with Crippen LogP contribution in [0.25, 0.3) is 0 Å². The Kier molecular flexibility index (Phi) is 3.20. The van der Waals surface area contributed by atoms with Gasteiger partial charge < -0.3 is 10.1 Å². The lowest BCUT2D eigenvalue weighted by Crippen LogP contribution is -2.33. The minimum absolute atomic E-state index is 0.115. The molecule has 0 aromatic carbocycles. The van der Waals surface area contributed by atoms with Gasteiger partial charge in [-0.2, -0.15) is 8.78 Å². The van der Waals surface area contributed by atoms with Gasteiger partial charge in [0.25, 0.3) is 0 Å². The van der Waals surface area contributed by atoms with Gasteiger partial charge in [0.05, 0.1) is 6.61 Å². The first kappa shape index (κ1) is 8.87. The van der Waals surface area contributed by atoms with Crippen molar-refractivity contribution in [2.75, 3.05) is 13.7 Å². The molecule has 0 saturated heterocycles. The molecule has 1 N–H and O–H groups in total.